The lowest BCUT2D eigenvalue weighted by Crippen LogP contribution is -2.15. The fraction of sp³-hybridized carbons (Fsp3) is 1.00. The van der Waals surface area contributed by atoms with Crippen molar-refractivity contribution in [2.75, 3.05) is 0 Å². The highest BCUT2D eigenvalue weighted by Crippen LogP contribution is 2.51. The van der Waals surface area contributed by atoms with Crippen LogP contribution in [0.5, 0.6) is 0 Å². The molecule has 9 heavy (non-hydrogen) atoms. The van der Waals surface area contributed by atoms with Gasteiger partial charge >= 0.3 is 0 Å². The second-order valence-electron chi connectivity index (χ2n) is 4.05. The number of rotatable bonds is 0. The van der Waals surface area contributed by atoms with E-state index in [0.717, 1.165) is 23.7 Å². The van der Waals surface area contributed by atoms with Crippen molar-refractivity contribution in [1.29, 1.82) is 0 Å². The first-order chi connectivity index (χ1) is 4.29. The molecule has 0 heterocycles. The Morgan fingerprint density at radius 1 is 0.889 bits per heavy atom. The van der Waals surface area contributed by atoms with Gasteiger partial charge in [-0.25, -0.2) is 0 Å². The first kappa shape index (κ1) is 5.76. The normalized spacial score (nSPS) is 56.7. The van der Waals surface area contributed by atoms with Gasteiger partial charge in [0, 0.05) is 0 Å². The van der Waals surface area contributed by atoms with Crippen LogP contribution in [0.25, 0.3) is 0 Å². The highest BCUT2D eigenvalue weighted by molar-refractivity contribution is 4.92. The molecule has 0 radical (unpaired) electrons. The average Bonchev–Trinajstić information content (AvgIpc) is 2.37. The predicted octanol–water partition coefficient (Wildman–Crippen LogP) is 2.69. The van der Waals surface area contributed by atoms with Crippen molar-refractivity contribution >= 4 is 0 Å². The van der Waals surface area contributed by atoms with Gasteiger partial charge in [-0.1, -0.05) is 13.8 Å². The van der Waals surface area contributed by atoms with Gasteiger partial charge in [0.05, 0.1) is 0 Å². The van der Waals surface area contributed by atoms with E-state index in [2.05, 4.69) is 13.8 Å². The molecule has 2 aliphatic rings. The Bertz CT molecular complexity index is 99.2. The van der Waals surface area contributed by atoms with Gasteiger partial charge in [-0.05, 0) is 42.9 Å². The van der Waals surface area contributed by atoms with E-state index in [1.54, 1.807) is 6.42 Å². The predicted molar refractivity (Wildman–Crippen MR) is 39.2 cm³/mol. The molecule has 0 saturated heterocycles. The van der Waals surface area contributed by atoms with E-state index in [9.17, 15) is 0 Å². The molecule has 0 unspecified atom stereocenters. The molecule has 2 bridgehead atoms. The van der Waals surface area contributed by atoms with Gasteiger partial charge < -0.3 is 0 Å². The van der Waals surface area contributed by atoms with Crippen molar-refractivity contribution in [2.24, 2.45) is 23.7 Å². The van der Waals surface area contributed by atoms with E-state index < -0.39 is 0 Å². The maximum atomic E-state index is 2.44. The van der Waals surface area contributed by atoms with E-state index in [1.807, 2.05) is 0 Å². The maximum absolute atomic E-state index is 2.44. The molecule has 0 spiro atoms. The molecule has 0 N–H and O–H groups in total. The zero-order valence-electron chi connectivity index (χ0n) is 6.43. The van der Waals surface area contributed by atoms with Gasteiger partial charge in [0.1, 0.15) is 0 Å². The van der Waals surface area contributed by atoms with Crippen molar-refractivity contribution in [1.82, 2.24) is 0 Å². The smallest absolute Gasteiger partial charge is 0.0383 e. The molecule has 0 aliphatic heterocycles. The third-order valence-electron chi connectivity index (χ3n) is 3.83. The lowest BCUT2D eigenvalue weighted by Gasteiger charge is -2.24. The molecular weight excluding hydrogens is 108 g/mol. The Morgan fingerprint density at radius 2 is 1.33 bits per heavy atom. The van der Waals surface area contributed by atoms with Crippen LogP contribution in [-0.4, -0.2) is 0 Å². The first-order valence-corrected chi connectivity index (χ1v) is 4.29. The Balaban J connectivity index is 2.15. The fourth-order valence-electron chi connectivity index (χ4n) is 2.87. The minimum atomic E-state index is 1.05. The summed E-state index contributed by atoms with van der Waals surface area (Å²) in [6.07, 6.45) is 4.63. The zero-order valence-corrected chi connectivity index (χ0v) is 6.43. The summed E-state index contributed by atoms with van der Waals surface area (Å²) in [6, 6.07) is 0. The monoisotopic (exact) mass is 124 g/mol. The molecule has 2 fully saturated rings. The summed E-state index contributed by atoms with van der Waals surface area (Å²) in [5, 5.41) is 0. The van der Waals surface area contributed by atoms with Crippen LogP contribution < -0.4 is 0 Å². The Morgan fingerprint density at radius 3 is 1.56 bits per heavy atom. The van der Waals surface area contributed by atoms with Gasteiger partial charge in [-0.2, -0.15) is 0 Å². The SMILES string of the molecule is C[C@H]1[C@H]2CC[C@@H](C2)[C@@H]1C. The summed E-state index contributed by atoms with van der Waals surface area (Å²) in [5.74, 6) is 4.32. The topological polar surface area (TPSA) is 0 Å². The quantitative estimate of drug-likeness (QED) is 0.465. The molecule has 0 nitrogen and oxygen atoms in total. The Kier molecular flexibility index (Phi) is 1.12. The standard InChI is InChI=1S/C9H16/c1-6-7(2)9-4-3-8(6)5-9/h6-9H,3-5H2,1-2H3/t6-,7-,8+,9+/m1/s1. The largest absolute Gasteiger partial charge is 0.0620 e. The molecule has 2 saturated carbocycles. The van der Waals surface area contributed by atoms with Crippen LogP contribution in [0.2, 0.25) is 0 Å². The minimum Gasteiger partial charge on any atom is -0.0620 e. The number of fused-ring (bicyclic) bond motifs is 2. The summed E-state index contributed by atoms with van der Waals surface area (Å²) in [5.41, 5.74) is 0. The molecular formula is C9H16. The third-order valence-corrected chi connectivity index (χ3v) is 3.83. The summed E-state index contributed by atoms with van der Waals surface area (Å²) in [4.78, 5) is 0. The summed E-state index contributed by atoms with van der Waals surface area (Å²) in [6.45, 7) is 4.88. The maximum Gasteiger partial charge on any atom is -0.0383 e. The van der Waals surface area contributed by atoms with E-state index in [4.69, 9.17) is 0 Å². The highest BCUT2D eigenvalue weighted by Gasteiger charge is 2.42. The average molecular weight is 124 g/mol. The van der Waals surface area contributed by atoms with E-state index in [0.29, 0.717) is 0 Å². The van der Waals surface area contributed by atoms with Crippen molar-refractivity contribution in [2.45, 2.75) is 33.1 Å². The summed E-state index contributed by atoms with van der Waals surface area (Å²) >= 11 is 0. The number of hydrogen-bond donors (Lipinski definition) is 0. The molecule has 0 aromatic rings. The molecule has 2 rings (SSSR count). The third kappa shape index (κ3) is 0.653. The van der Waals surface area contributed by atoms with Crippen molar-refractivity contribution in [3.05, 3.63) is 0 Å². The lowest BCUT2D eigenvalue weighted by molar-refractivity contribution is 0.259. The molecule has 0 heteroatoms. The van der Waals surface area contributed by atoms with Crippen molar-refractivity contribution in [3.8, 4) is 0 Å². The van der Waals surface area contributed by atoms with Crippen molar-refractivity contribution < 1.29 is 0 Å². The van der Waals surface area contributed by atoms with Crippen LogP contribution in [0.3, 0.4) is 0 Å². The van der Waals surface area contributed by atoms with Crippen LogP contribution in [-0.2, 0) is 0 Å². The van der Waals surface area contributed by atoms with E-state index >= 15 is 0 Å². The Hall–Kier alpha value is 0. The minimum absolute atomic E-state index is 1.05. The molecule has 0 aromatic heterocycles. The molecule has 52 valence electrons. The van der Waals surface area contributed by atoms with Crippen LogP contribution in [0, 0.1) is 23.7 Å². The van der Waals surface area contributed by atoms with Gasteiger partial charge in [0.25, 0.3) is 0 Å². The van der Waals surface area contributed by atoms with Crippen molar-refractivity contribution in [3.63, 3.8) is 0 Å². The Labute approximate surface area is 57.6 Å². The van der Waals surface area contributed by atoms with Gasteiger partial charge in [0.2, 0.25) is 0 Å². The second kappa shape index (κ2) is 1.74. The first-order valence-electron chi connectivity index (χ1n) is 4.29. The van der Waals surface area contributed by atoms with E-state index in [-0.39, 0.29) is 0 Å². The van der Waals surface area contributed by atoms with Gasteiger partial charge in [-0.3, -0.25) is 0 Å². The van der Waals surface area contributed by atoms with Gasteiger partial charge in [0.15, 0.2) is 0 Å². The molecule has 0 aromatic carbocycles. The van der Waals surface area contributed by atoms with Crippen LogP contribution >= 0.6 is 0 Å². The lowest BCUT2D eigenvalue weighted by atomic mass is 9.82. The number of hydrogen-bond acceptors (Lipinski definition) is 0. The fourth-order valence-corrected chi connectivity index (χ4v) is 2.87. The van der Waals surface area contributed by atoms with Gasteiger partial charge in [-0.15, -0.1) is 0 Å². The molecule has 2 aliphatic carbocycles. The second-order valence-corrected chi connectivity index (χ2v) is 4.05. The molecule has 0 amide bonds. The van der Waals surface area contributed by atoms with Crippen LogP contribution in [0.1, 0.15) is 33.1 Å². The van der Waals surface area contributed by atoms with E-state index in [1.165, 1.54) is 12.8 Å². The highest BCUT2D eigenvalue weighted by atomic mass is 14.5. The zero-order chi connectivity index (χ0) is 6.43. The summed E-state index contributed by atoms with van der Waals surface area (Å²) in [7, 11) is 0. The molecule has 4 atom stereocenters. The van der Waals surface area contributed by atoms with Crippen LogP contribution in [0.15, 0.2) is 0 Å². The van der Waals surface area contributed by atoms with Crippen LogP contribution in [0.4, 0.5) is 0 Å². The summed E-state index contributed by atoms with van der Waals surface area (Å²) < 4.78 is 0.